The van der Waals surface area contributed by atoms with Crippen molar-refractivity contribution in [2.24, 2.45) is 0 Å². The van der Waals surface area contributed by atoms with Crippen LogP contribution in [0.1, 0.15) is 41.9 Å². The Hall–Kier alpha value is -3.68. The van der Waals surface area contributed by atoms with Crippen molar-refractivity contribution < 1.29 is 19.4 Å². The van der Waals surface area contributed by atoms with E-state index in [1.54, 1.807) is 24.3 Å². The minimum Gasteiger partial charge on any atom is -0.449 e. The average Bonchev–Trinajstić information content (AvgIpc) is 3.23. The Balaban J connectivity index is 1.39. The van der Waals surface area contributed by atoms with Crippen LogP contribution >= 0.6 is 0 Å². The molecule has 7 nitrogen and oxygen atoms in total. The van der Waals surface area contributed by atoms with Gasteiger partial charge in [0.25, 0.3) is 0 Å². The number of carbonyl (C=O) groups excluding carboxylic acids is 2. The summed E-state index contributed by atoms with van der Waals surface area (Å²) in [5, 5.41) is 14.9. The number of anilines is 1. The summed E-state index contributed by atoms with van der Waals surface area (Å²) < 4.78 is 5.68. The monoisotopic (exact) mass is 501 g/mol. The third-order valence-electron chi connectivity index (χ3n) is 6.70. The first kappa shape index (κ1) is 26.4. The SMILES string of the molecule is CN(C)CCCC[C@H](NC(=O)OCC1c2ccccc2-c2ccccc21)C(=O)Nc1ccc(CO)cc1. The molecule has 0 saturated heterocycles. The molecule has 1 atom stereocenters. The lowest BCUT2D eigenvalue weighted by Gasteiger charge is -2.20. The summed E-state index contributed by atoms with van der Waals surface area (Å²) in [6, 6.07) is 22.6. The average molecular weight is 502 g/mol. The van der Waals surface area contributed by atoms with Crippen LogP contribution < -0.4 is 10.6 Å². The number of nitrogens with one attached hydrogen (secondary N) is 2. The lowest BCUT2D eigenvalue weighted by molar-refractivity contribution is -0.118. The standard InChI is InChI=1S/C30H35N3O4/c1-33(2)18-8-7-13-28(29(35)31-22-16-14-21(19-34)15-17-22)32-30(36)37-20-27-25-11-5-3-9-23(25)24-10-4-6-12-26(24)27/h3-6,9-12,14-17,27-28,34H,7-8,13,18-20H2,1-2H3,(H,31,35)(H,32,36)/t28-/m0/s1. The highest BCUT2D eigenvalue weighted by Gasteiger charge is 2.29. The van der Waals surface area contributed by atoms with E-state index in [0.717, 1.165) is 47.2 Å². The maximum absolute atomic E-state index is 13.1. The number of amides is 2. The molecule has 3 N–H and O–H groups in total. The number of unbranched alkanes of at least 4 members (excludes halogenated alkanes) is 1. The molecule has 0 heterocycles. The fraction of sp³-hybridized carbons (Fsp3) is 0.333. The molecule has 0 bridgehead atoms. The number of aliphatic hydroxyl groups excluding tert-OH is 1. The Labute approximate surface area is 218 Å². The van der Waals surface area contributed by atoms with Gasteiger partial charge in [-0.15, -0.1) is 0 Å². The van der Waals surface area contributed by atoms with Gasteiger partial charge in [-0.1, -0.05) is 60.7 Å². The first-order chi connectivity index (χ1) is 18.0. The molecule has 0 aromatic heterocycles. The van der Waals surface area contributed by atoms with E-state index in [1.165, 1.54) is 0 Å². The molecule has 1 aliphatic rings. The van der Waals surface area contributed by atoms with Gasteiger partial charge in [-0.2, -0.15) is 0 Å². The molecule has 3 aromatic carbocycles. The molecular formula is C30H35N3O4. The first-order valence-electron chi connectivity index (χ1n) is 12.7. The van der Waals surface area contributed by atoms with Crippen LogP contribution in [-0.2, 0) is 16.1 Å². The van der Waals surface area contributed by atoms with Crippen molar-refractivity contribution in [2.45, 2.75) is 37.8 Å². The maximum Gasteiger partial charge on any atom is 0.407 e. The van der Waals surface area contributed by atoms with Crippen molar-refractivity contribution in [3.05, 3.63) is 89.5 Å². The van der Waals surface area contributed by atoms with Crippen LogP contribution in [0.3, 0.4) is 0 Å². The predicted octanol–water partition coefficient (Wildman–Crippen LogP) is 4.76. The Morgan fingerprint density at radius 3 is 2.14 bits per heavy atom. The van der Waals surface area contributed by atoms with Gasteiger partial charge in [0.15, 0.2) is 0 Å². The van der Waals surface area contributed by atoms with E-state index < -0.39 is 12.1 Å². The van der Waals surface area contributed by atoms with Crippen molar-refractivity contribution in [1.82, 2.24) is 10.2 Å². The molecule has 194 valence electrons. The summed E-state index contributed by atoms with van der Waals surface area (Å²) in [6.45, 7) is 1.03. The van der Waals surface area contributed by atoms with E-state index in [-0.39, 0.29) is 25.0 Å². The molecule has 0 saturated carbocycles. The molecule has 0 unspecified atom stereocenters. The maximum atomic E-state index is 13.1. The molecule has 0 radical (unpaired) electrons. The number of fused-ring (bicyclic) bond motifs is 3. The third-order valence-corrected chi connectivity index (χ3v) is 6.70. The van der Waals surface area contributed by atoms with Crippen LogP contribution in [0.5, 0.6) is 0 Å². The number of nitrogens with zero attached hydrogens (tertiary/aromatic N) is 1. The number of alkyl carbamates (subject to hydrolysis) is 1. The molecule has 3 aromatic rings. The van der Waals surface area contributed by atoms with Crippen LogP contribution in [0.2, 0.25) is 0 Å². The molecule has 37 heavy (non-hydrogen) atoms. The van der Waals surface area contributed by atoms with E-state index in [4.69, 9.17) is 4.74 Å². The highest BCUT2D eigenvalue weighted by atomic mass is 16.5. The minimum absolute atomic E-state index is 0.0458. The number of ether oxygens (including phenoxy) is 1. The summed E-state index contributed by atoms with van der Waals surface area (Å²) in [5.74, 6) is -0.342. The van der Waals surface area contributed by atoms with Gasteiger partial charge in [-0.05, 0) is 79.9 Å². The second kappa shape index (κ2) is 12.5. The van der Waals surface area contributed by atoms with Crippen molar-refractivity contribution >= 4 is 17.7 Å². The molecule has 0 fully saturated rings. The number of carbonyl (C=O) groups is 2. The largest absolute Gasteiger partial charge is 0.449 e. The van der Waals surface area contributed by atoms with Crippen molar-refractivity contribution in [1.29, 1.82) is 0 Å². The minimum atomic E-state index is -0.727. The summed E-state index contributed by atoms with van der Waals surface area (Å²) in [5.41, 5.74) is 5.97. The highest BCUT2D eigenvalue weighted by molar-refractivity contribution is 5.96. The fourth-order valence-corrected chi connectivity index (χ4v) is 4.75. The van der Waals surface area contributed by atoms with Crippen LogP contribution in [0.25, 0.3) is 11.1 Å². The fourth-order valence-electron chi connectivity index (χ4n) is 4.75. The number of rotatable bonds is 11. The van der Waals surface area contributed by atoms with Crippen LogP contribution in [-0.4, -0.2) is 55.3 Å². The molecule has 1 aliphatic carbocycles. The summed E-state index contributed by atoms with van der Waals surface area (Å²) >= 11 is 0. The van der Waals surface area contributed by atoms with Gasteiger partial charge in [-0.25, -0.2) is 4.79 Å². The van der Waals surface area contributed by atoms with E-state index in [1.807, 2.05) is 38.4 Å². The van der Waals surface area contributed by atoms with Crippen LogP contribution in [0.15, 0.2) is 72.8 Å². The lowest BCUT2D eigenvalue weighted by atomic mass is 9.98. The van der Waals surface area contributed by atoms with E-state index in [0.29, 0.717) is 12.1 Å². The first-order valence-corrected chi connectivity index (χ1v) is 12.7. The zero-order valence-electron chi connectivity index (χ0n) is 21.4. The van der Waals surface area contributed by atoms with Gasteiger partial charge in [0.2, 0.25) is 5.91 Å². The zero-order valence-corrected chi connectivity index (χ0v) is 21.4. The van der Waals surface area contributed by atoms with Gasteiger partial charge in [-0.3, -0.25) is 4.79 Å². The Morgan fingerprint density at radius 2 is 1.54 bits per heavy atom. The smallest absolute Gasteiger partial charge is 0.407 e. The number of hydrogen-bond acceptors (Lipinski definition) is 5. The summed E-state index contributed by atoms with van der Waals surface area (Å²) in [6.07, 6.45) is 1.58. The molecular weight excluding hydrogens is 466 g/mol. The van der Waals surface area contributed by atoms with Gasteiger partial charge in [0, 0.05) is 11.6 Å². The molecule has 2 amide bonds. The quantitative estimate of drug-likeness (QED) is 0.330. The number of hydrogen-bond donors (Lipinski definition) is 3. The van der Waals surface area contributed by atoms with E-state index in [2.05, 4.69) is 39.8 Å². The Morgan fingerprint density at radius 1 is 0.919 bits per heavy atom. The third kappa shape index (κ3) is 6.76. The van der Waals surface area contributed by atoms with Crippen LogP contribution in [0, 0.1) is 0 Å². The van der Waals surface area contributed by atoms with Crippen molar-refractivity contribution in [3.8, 4) is 11.1 Å². The molecule has 7 heteroatoms. The number of aliphatic hydroxyl groups is 1. The molecule has 0 aliphatic heterocycles. The van der Waals surface area contributed by atoms with Crippen molar-refractivity contribution in [2.75, 3.05) is 32.6 Å². The van der Waals surface area contributed by atoms with Crippen molar-refractivity contribution in [3.63, 3.8) is 0 Å². The normalized spacial score (nSPS) is 13.1. The topological polar surface area (TPSA) is 90.9 Å². The van der Waals surface area contributed by atoms with Crippen LogP contribution in [0.4, 0.5) is 10.5 Å². The van der Waals surface area contributed by atoms with Gasteiger partial charge in [0.1, 0.15) is 12.6 Å². The predicted molar refractivity (Wildman–Crippen MR) is 145 cm³/mol. The number of benzene rings is 3. The highest BCUT2D eigenvalue weighted by Crippen LogP contribution is 2.44. The summed E-state index contributed by atoms with van der Waals surface area (Å²) in [7, 11) is 4.02. The van der Waals surface area contributed by atoms with Gasteiger partial charge < -0.3 is 25.4 Å². The molecule has 4 rings (SSSR count). The second-order valence-corrected chi connectivity index (χ2v) is 9.67. The lowest BCUT2D eigenvalue weighted by Crippen LogP contribution is -2.44. The molecule has 0 spiro atoms. The Kier molecular flexibility index (Phi) is 8.93. The van der Waals surface area contributed by atoms with Gasteiger partial charge >= 0.3 is 6.09 Å². The summed E-state index contributed by atoms with van der Waals surface area (Å²) in [4.78, 5) is 28.0. The van der Waals surface area contributed by atoms with Gasteiger partial charge in [0.05, 0.1) is 6.61 Å². The van der Waals surface area contributed by atoms with E-state index in [9.17, 15) is 14.7 Å². The second-order valence-electron chi connectivity index (χ2n) is 9.67. The zero-order chi connectivity index (χ0) is 26.2. The Bertz CT molecular complexity index is 1160. The van der Waals surface area contributed by atoms with E-state index >= 15 is 0 Å².